The zero-order valence-corrected chi connectivity index (χ0v) is 19.4. The fraction of sp³-hybridized carbons (Fsp3) is 0.292. The highest BCUT2D eigenvalue weighted by atomic mass is 32.1. The number of alkyl halides is 3. The van der Waals surface area contributed by atoms with Gasteiger partial charge in [-0.15, -0.1) is 11.3 Å². The molecule has 0 aliphatic carbocycles. The number of nitrogens with one attached hydrogen (secondary N) is 1. The van der Waals surface area contributed by atoms with E-state index in [0.717, 1.165) is 10.4 Å². The number of carbonyl (C=O) groups excluding carboxylic acids is 1. The number of aromatic amines is 1. The molecule has 0 radical (unpaired) electrons. The van der Waals surface area contributed by atoms with Crippen LogP contribution in [0.5, 0.6) is 0 Å². The number of carbonyl (C=O) groups is 1. The van der Waals surface area contributed by atoms with Gasteiger partial charge in [-0.2, -0.15) is 23.5 Å². The van der Waals surface area contributed by atoms with E-state index in [9.17, 15) is 23.2 Å². The van der Waals surface area contributed by atoms with Gasteiger partial charge in [0.1, 0.15) is 16.6 Å². The van der Waals surface area contributed by atoms with Gasteiger partial charge in [0.25, 0.3) is 0 Å². The van der Waals surface area contributed by atoms with Crippen LogP contribution in [0.15, 0.2) is 48.7 Å². The van der Waals surface area contributed by atoms with Crippen LogP contribution in [0.1, 0.15) is 32.5 Å². The molecule has 0 saturated heterocycles. The summed E-state index contributed by atoms with van der Waals surface area (Å²) in [5.74, 6) is -0.568. The third-order valence-electron chi connectivity index (χ3n) is 5.66. The third kappa shape index (κ3) is 4.76. The summed E-state index contributed by atoms with van der Waals surface area (Å²) in [5.41, 5.74) is 0.940. The molecule has 0 unspecified atom stereocenters. The fourth-order valence-electron chi connectivity index (χ4n) is 4.13. The number of aromatic nitrogens is 2. The number of nitriles is 1. The largest absolute Gasteiger partial charge is 0.433 e. The first-order valence-corrected chi connectivity index (χ1v) is 11.3. The van der Waals surface area contributed by atoms with Crippen molar-refractivity contribution in [3.05, 3.63) is 75.3 Å². The van der Waals surface area contributed by atoms with E-state index in [2.05, 4.69) is 16.3 Å². The topological polar surface area (TPSA) is 76.0 Å². The zero-order valence-electron chi connectivity index (χ0n) is 18.6. The molecule has 1 atom stereocenters. The van der Waals surface area contributed by atoms with Gasteiger partial charge < -0.3 is 9.80 Å². The highest BCUT2D eigenvalue weighted by molar-refractivity contribution is 7.12. The van der Waals surface area contributed by atoms with Crippen molar-refractivity contribution in [2.45, 2.75) is 18.6 Å². The minimum Gasteiger partial charge on any atom is -0.333 e. The number of benzene rings is 1. The quantitative estimate of drug-likeness (QED) is 0.535. The number of hydrogen-bond donors (Lipinski definition) is 1. The Morgan fingerprint density at radius 1 is 1.32 bits per heavy atom. The van der Waals surface area contributed by atoms with Crippen LogP contribution in [-0.4, -0.2) is 53.1 Å². The van der Waals surface area contributed by atoms with Crippen molar-refractivity contribution in [2.75, 3.05) is 27.2 Å². The smallest absolute Gasteiger partial charge is 0.333 e. The van der Waals surface area contributed by atoms with Gasteiger partial charge in [-0.25, -0.2) is 0 Å². The van der Waals surface area contributed by atoms with Gasteiger partial charge >= 0.3 is 6.18 Å². The molecule has 6 nitrogen and oxygen atoms in total. The lowest BCUT2D eigenvalue weighted by Crippen LogP contribution is -2.37. The lowest BCUT2D eigenvalue weighted by molar-refractivity contribution is -0.140. The standard InChI is InChI=1S/C24H22F3N5OS/c1-31(2)9-5-8-22(33)32-13-20(18-10-15(11-28)34-21(18)14-32)17-7-4-3-6-16(17)19-12-29-30-23(19)24(25,26)27/h3-8,10,12,20H,9,13-14H2,1-2H3,(H,29,30)/b8-5+/t20-/m0/s1. The first-order chi connectivity index (χ1) is 16.2. The highest BCUT2D eigenvalue weighted by Crippen LogP contribution is 2.43. The minimum atomic E-state index is -4.59. The van der Waals surface area contributed by atoms with Crippen molar-refractivity contribution in [1.29, 1.82) is 5.26 Å². The number of H-pyrrole nitrogens is 1. The number of thiophene rings is 1. The van der Waals surface area contributed by atoms with Crippen LogP contribution in [0.3, 0.4) is 0 Å². The van der Waals surface area contributed by atoms with Crippen LogP contribution in [-0.2, 0) is 17.5 Å². The lowest BCUT2D eigenvalue weighted by atomic mass is 9.83. The van der Waals surface area contributed by atoms with Crippen molar-refractivity contribution in [3.63, 3.8) is 0 Å². The van der Waals surface area contributed by atoms with E-state index in [4.69, 9.17) is 0 Å². The Hall–Kier alpha value is -3.42. The van der Waals surface area contributed by atoms with Crippen LogP contribution in [0, 0.1) is 11.3 Å². The number of rotatable bonds is 5. The van der Waals surface area contributed by atoms with Gasteiger partial charge in [0.05, 0.1) is 12.7 Å². The second-order valence-corrected chi connectivity index (χ2v) is 9.42. The van der Waals surface area contributed by atoms with Crippen molar-refractivity contribution in [1.82, 2.24) is 20.0 Å². The molecule has 3 aromatic rings. The third-order valence-corrected chi connectivity index (χ3v) is 6.70. The molecule has 0 saturated carbocycles. The first-order valence-electron chi connectivity index (χ1n) is 10.5. The Balaban J connectivity index is 1.78. The minimum absolute atomic E-state index is 0.0466. The molecule has 0 spiro atoms. The van der Waals surface area contributed by atoms with Crippen LogP contribution in [0.4, 0.5) is 13.2 Å². The van der Waals surface area contributed by atoms with Gasteiger partial charge in [0.15, 0.2) is 0 Å². The van der Waals surface area contributed by atoms with Crippen molar-refractivity contribution >= 4 is 17.2 Å². The van der Waals surface area contributed by atoms with Crippen molar-refractivity contribution in [3.8, 4) is 17.2 Å². The normalized spacial score (nSPS) is 16.1. The monoisotopic (exact) mass is 485 g/mol. The Labute approximate surface area is 198 Å². The van der Waals surface area contributed by atoms with Crippen LogP contribution >= 0.6 is 11.3 Å². The maximum absolute atomic E-state index is 13.6. The first kappa shape index (κ1) is 23.7. The number of nitrogens with zero attached hydrogens (tertiary/aromatic N) is 4. The summed E-state index contributed by atoms with van der Waals surface area (Å²) in [4.78, 5) is 17.9. The molecular weight excluding hydrogens is 463 g/mol. The molecule has 1 aliphatic rings. The molecular formula is C24H22F3N5OS. The molecule has 1 amide bonds. The number of fused-ring (bicyclic) bond motifs is 1. The Kier molecular flexibility index (Phi) is 6.59. The second-order valence-electron chi connectivity index (χ2n) is 8.28. The lowest BCUT2D eigenvalue weighted by Gasteiger charge is -2.33. The molecule has 2 aromatic heterocycles. The molecule has 0 bridgehead atoms. The van der Waals surface area contributed by atoms with Crippen LogP contribution in [0.2, 0.25) is 0 Å². The summed E-state index contributed by atoms with van der Waals surface area (Å²) < 4.78 is 40.8. The van der Waals surface area contributed by atoms with Crippen molar-refractivity contribution < 1.29 is 18.0 Å². The molecule has 10 heteroatoms. The van der Waals surface area contributed by atoms with Crippen LogP contribution in [0.25, 0.3) is 11.1 Å². The zero-order chi connectivity index (χ0) is 24.5. The molecule has 34 heavy (non-hydrogen) atoms. The summed E-state index contributed by atoms with van der Waals surface area (Å²) in [7, 11) is 3.80. The number of likely N-dealkylation sites (N-methyl/N-ethyl adjacent to an activating group) is 1. The summed E-state index contributed by atoms with van der Waals surface area (Å²) in [6, 6.07) is 10.8. The van der Waals surface area contributed by atoms with E-state index in [1.807, 2.05) is 19.0 Å². The molecule has 4 rings (SSSR count). The van der Waals surface area contributed by atoms with E-state index in [0.29, 0.717) is 29.1 Å². The molecule has 0 fully saturated rings. The predicted molar refractivity (Wildman–Crippen MR) is 123 cm³/mol. The van der Waals surface area contributed by atoms with E-state index >= 15 is 0 Å². The fourth-order valence-corrected chi connectivity index (χ4v) is 5.17. The SMILES string of the molecule is CN(C)C/C=C/C(=O)N1Cc2sc(C#N)cc2[C@H](c2ccccc2-c2cn[nH]c2C(F)(F)F)C1. The summed E-state index contributed by atoms with van der Waals surface area (Å²) in [6.45, 7) is 1.25. The maximum atomic E-state index is 13.6. The summed E-state index contributed by atoms with van der Waals surface area (Å²) >= 11 is 1.31. The maximum Gasteiger partial charge on any atom is 0.433 e. The van der Waals surface area contributed by atoms with Crippen molar-refractivity contribution in [2.24, 2.45) is 0 Å². The molecule has 1 aliphatic heterocycles. The van der Waals surface area contributed by atoms with E-state index in [1.54, 1.807) is 41.3 Å². The van der Waals surface area contributed by atoms with Gasteiger partial charge in [0.2, 0.25) is 5.91 Å². The molecule has 3 heterocycles. The second kappa shape index (κ2) is 9.44. The number of halogens is 3. The van der Waals surface area contributed by atoms with Gasteiger partial charge in [-0.3, -0.25) is 9.89 Å². The summed E-state index contributed by atoms with van der Waals surface area (Å²) in [6.07, 6.45) is -0.124. The van der Waals surface area contributed by atoms with Crippen LogP contribution < -0.4 is 0 Å². The number of hydrogen-bond acceptors (Lipinski definition) is 5. The van der Waals surface area contributed by atoms with E-state index in [-0.39, 0.29) is 23.9 Å². The molecule has 1 N–H and O–H groups in total. The Morgan fingerprint density at radius 3 is 2.79 bits per heavy atom. The molecule has 176 valence electrons. The van der Waals surface area contributed by atoms with Gasteiger partial charge in [0, 0.05) is 35.5 Å². The van der Waals surface area contributed by atoms with E-state index in [1.165, 1.54) is 23.6 Å². The van der Waals surface area contributed by atoms with Gasteiger partial charge in [-0.05, 0) is 36.9 Å². The Morgan fingerprint density at radius 2 is 2.09 bits per heavy atom. The summed E-state index contributed by atoms with van der Waals surface area (Å²) in [5, 5.41) is 15.2. The van der Waals surface area contributed by atoms with E-state index < -0.39 is 11.9 Å². The average molecular weight is 486 g/mol. The highest BCUT2D eigenvalue weighted by Gasteiger charge is 2.38. The Bertz CT molecular complexity index is 1270. The van der Waals surface area contributed by atoms with Gasteiger partial charge in [-0.1, -0.05) is 30.3 Å². The predicted octanol–water partition coefficient (Wildman–Crippen LogP) is 4.62. The number of amides is 1. The average Bonchev–Trinajstić information content (AvgIpc) is 3.45. The molecule has 1 aromatic carbocycles.